The first-order valence-corrected chi connectivity index (χ1v) is 28.8. The second-order valence-electron chi connectivity index (χ2n) is 18.0. The van der Waals surface area contributed by atoms with Crippen LogP contribution in [-0.4, -0.2) is 172 Å². The van der Waals surface area contributed by atoms with Gasteiger partial charge >= 0.3 is 7.82 Å². The highest BCUT2D eigenvalue weighted by Gasteiger charge is 2.52. The molecule has 4 aliphatic heterocycles. The number of aromatic amines is 3. The Morgan fingerprint density at radius 1 is 0.675 bits per heavy atom. The average molecular weight is 1220 g/mol. The zero-order chi connectivity index (χ0) is 58.1. The molecule has 0 aromatic carbocycles. The fraction of sp³-hybridized carbons (Fsp3) is 0.600. The lowest BCUT2D eigenvalue weighted by Crippen LogP contribution is -2.45. The average Bonchev–Trinajstić information content (AvgIpc) is 4.29. The van der Waals surface area contributed by atoms with Gasteiger partial charge in [0.05, 0.1) is 38.6 Å². The molecule has 0 spiro atoms. The number of hydrogen-bond acceptors (Lipinski definition) is 36. The Kier molecular flexibility index (Phi) is 16.7. The molecule has 5 aromatic rings. The van der Waals surface area contributed by atoms with Crippen molar-refractivity contribution in [1.29, 1.82) is 0 Å². The Hall–Kier alpha value is -5.26. The Balaban J connectivity index is 0.858. The number of phosphoric ester groups is 2. The number of aromatic nitrogens is 10. The number of hydrogen-bond donors (Lipinski definition) is 9. The number of nitrogens with zero attached hydrogens (tertiary/aromatic N) is 9. The van der Waals surface area contributed by atoms with Crippen molar-refractivity contribution in [3.05, 3.63) is 43.7 Å². The second-order valence-corrected chi connectivity index (χ2v) is 23.7. The van der Waals surface area contributed by atoms with E-state index >= 15 is 0 Å². The highest BCUT2D eigenvalue weighted by molar-refractivity contribution is 7.65. The molecule has 9 heterocycles. The van der Waals surface area contributed by atoms with Crippen LogP contribution in [0.2, 0.25) is 0 Å². The predicted molar refractivity (Wildman–Crippen MR) is 252 cm³/mol. The third-order valence-corrected chi connectivity index (χ3v) is 17.0. The van der Waals surface area contributed by atoms with Gasteiger partial charge in [-0.2, -0.15) is 19.6 Å². The van der Waals surface area contributed by atoms with Gasteiger partial charge in [-0.05, 0) is 13.8 Å². The summed E-state index contributed by atoms with van der Waals surface area (Å²) in [6.07, 6.45) is -18.4. The molecule has 0 saturated carbocycles. The molecule has 4 aliphatic rings. The van der Waals surface area contributed by atoms with Gasteiger partial charge in [-0.3, -0.25) is 56.7 Å². The minimum atomic E-state index is -6.61. The van der Waals surface area contributed by atoms with Crippen molar-refractivity contribution in [3.8, 4) is 0 Å². The van der Waals surface area contributed by atoms with Crippen molar-refractivity contribution in [2.75, 3.05) is 67.6 Å². The first-order valence-electron chi connectivity index (χ1n) is 22.9. The molecule has 3 saturated heterocycles. The minimum absolute atomic E-state index is 0.00196. The maximum Gasteiger partial charge on any atom is 0.304 e. The number of nitrogens with one attached hydrogen (secondary N) is 3. The first-order chi connectivity index (χ1) is 37.5. The summed E-state index contributed by atoms with van der Waals surface area (Å²) in [5.74, 6) is -1.11. The van der Waals surface area contributed by atoms with E-state index < -0.39 is 153 Å². The third kappa shape index (κ3) is 12.3. The van der Waals surface area contributed by atoms with Crippen LogP contribution in [0.1, 0.15) is 26.3 Å². The summed E-state index contributed by atoms with van der Waals surface area (Å²) < 4.78 is 110. The number of methoxy groups -OCH3 is 1. The van der Waals surface area contributed by atoms with Crippen LogP contribution in [-0.2, 0) is 73.7 Å². The molecule has 0 aliphatic carbocycles. The van der Waals surface area contributed by atoms with Gasteiger partial charge < -0.3 is 99.1 Å². The van der Waals surface area contributed by atoms with E-state index in [1.807, 2.05) is 0 Å². The summed E-state index contributed by atoms with van der Waals surface area (Å²) in [6, 6.07) is 0. The number of nitrogen functional groups attached to an aromatic ring is 3. The number of H-pyrrole nitrogens is 3. The minimum Gasteiger partial charge on any atom is -0.756 e. The van der Waals surface area contributed by atoms with E-state index in [1.165, 1.54) is 16.8 Å². The molecule has 41 nitrogen and oxygen atoms in total. The van der Waals surface area contributed by atoms with Crippen molar-refractivity contribution >= 4 is 83.0 Å². The molecular weight excluding hydrogens is 1170 g/mol. The Morgan fingerprint density at radius 2 is 1.20 bits per heavy atom. The first kappa shape index (κ1) is 59.4. The number of phosphoric acid groups is 4. The summed E-state index contributed by atoms with van der Waals surface area (Å²) in [6.45, 7) is -0.419. The van der Waals surface area contributed by atoms with Crippen LogP contribution in [0.25, 0.3) is 22.3 Å². The van der Waals surface area contributed by atoms with Crippen molar-refractivity contribution in [2.45, 2.75) is 93.6 Å². The molecule has 45 heteroatoms. The number of ether oxygens (including phenoxy) is 5. The summed E-state index contributed by atoms with van der Waals surface area (Å²) in [4.78, 5) is 124. The van der Waals surface area contributed by atoms with Crippen LogP contribution >= 0.6 is 31.3 Å². The van der Waals surface area contributed by atoms with E-state index in [1.54, 1.807) is 13.8 Å². The van der Waals surface area contributed by atoms with Gasteiger partial charge in [-0.25, -0.2) is 23.5 Å². The summed E-state index contributed by atoms with van der Waals surface area (Å²) in [5, 5.41) is 32.8. The topological polar surface area (TPSA) is 589 Å². The quantitative estimate of drug-likeness (QED) is 0.0177. The van der Waals surface area contributed by atoms with Crippen molar-refractivity contribution in [3.63, 3.8) is 0 Å². The summed E-state index contributed by atoms with van der Waals surface area (Å²) in [7, 11) is -22.4. The van der Waals surface area contributed by atoms with Gasteiger partial charge in [0.2, 0.25) is 17.8 Å². The molecule has 442 valence electrons. The molecule has 5 aromatic heterocycles. The number of imidazole rings is 2. The zero-order valence-corrected chi connectivity index (χ0v) is 44.8. The highest BCUT2D eigenvalue weighted by Crippen LogP contribution is 2.63. The third-order valence-electron chi connectivity index (χ3n) is 12.1. The smallest absolute Gasteiger partial charge is 0.304 e. The molecule has 0 amide bonds. The molecule has 12 N–H and O–H groups in total. The lowest BCUT2D eigenvalue weighted by atomic mass is 10.1. The largest absolute Gasteiger partial charge is 0.756 e. The van der Waals surface area contributed by atoms with Gasteiger partial charge in [0.15, 0.2) is 46.8 Å². The van der Waals surface area contributed by atoms with Gasteiger partial charge in [-0.15, -0.1) is 0 Å². The molecule has 3 fully saturated rings. The maximum absolute atomic E-state index is 13.8. The maximum atomic E-state index is 13.8. The van der Waals surface area contributed by atoms with E-state index in [4.69, 9.17) is 54.8 Å². The normalized spacial score (nSPS) is 30.1. The van der Waals surface area contributed by atoms with Crippen molar-refractivity contribution < 1.29 is 109 Å². The van der Waals surface area contributed by atoms with E-state index in [0.717, 1.165) is 28.9 Å². The molecule has 0 radical (unpaired) electrons. The number of fused-ring (bicyclic) bond motifs is 3. The second kappa shape index (κ2) is 22.5. The zero-order valence-electron chi connectivity index (χ0n) is 41.3. The van der Waals surface area contributed by atoms with Crippen LogP contribution in [0.3, 0.4) is 0 Å². The Morgan fingerprint density at radius 3 is 1.81 bits per heavy atom. The lowest BCUT2D eigenvalue weighted by molar-refractivity contribution is -0.314. The van der Waals surface area contributed by atoms with E-state index in [2.05, 4.69) is 57.7 Å². The number of rotatable bonds is 22. The van der Waals surface area contributed by atoms with Gasteiger partial charge in [0, 0.05) is 14.2 Å². The molecule has 0 bridgehead atoms. The van der Waals surface area contributed by atoms with Crippen LogP contribution < -0.4 is 63.3 Å². The van der Waals surface area contributed by atoms with Crippen molar-refractivity contribution in [1.82, 2.24) is 49.0 Å². The van der Waals surface area contributed by atoms with Crippen LogP contribution in [0.15, 0.2) is 27.0 Å². The Bertz CT molecular complexity index is 3510. The van der Waals surface area contributed by atoms with Gasteiger partial charge in [0.1, 0.15) is 67.2 Å². The van der Waals surface area contributed by atoms with Gasteiger partial charge in [-0.1, -0.05) is 0 Å². The fourth-order valence-corrected chi connectivity index (χ4v) is 13.1. The Labute approximate surface area is 444 Å². The van der Waals surface area contributed by atoms with E-state index in [9.17, 15) is 67.5 Å². The molecule has 9 rings (SSSR count). The molecular formula is C35H47N15O26P4-4. The van der Waals surface area contributed by atoms with Crippen LogP contribution in [0.5, 0.6) is 0 Å². The summed E-state index contributed by atoms with van der Waals surface area (Å²) >= 11 is 0. The number of aliphatic hydroxyl groups excluding tert-OH is 3. The molecule has 7 unspecified atom stereocenters. The van der Waals surface area contributed by atoms with E-state index in [0.29, 0.717) is 0 Å². The standard InChI is InChI=1S/C35H51N15O26P4/c1-11(2)69-21-14(71-31(20(21)53)48-8-39-15-24(48)41-33(36)44-27(15)54)7-67-77(57,58)73-22-13(72-32(23(22)65-4)49-9-40-16-25(49)42-34(37)45-28(16)55)5-66-74-79(61,62)76-80(63,64)75-78(59,60)68-6-12-18(51)19(52)30(70-12)50-10-47(3)17-26(50)43-35(38)46-29(17)56/h8-9,11-14,18-23,30-32,51-53H,5-7,10H2,1-4H3,(H,57,58)(H,59,60)(H,61,62)(H,63,64)(H3,36,41,44,54)(H3,37,42,45,55)(H3,38,43,46,56)/p-4/t12-,13-,14-,18+,19?,20+,21?,22?,23+,30-,31-,32-/m1/s1. The lowest BCUT2D eigenvalue weighted by Gasteiger charge is -2.34. The van der Waals surface area contributed by atoms with E-state index in [-0.39, 0.29) is 52.4 Å². The predicted octanol–water partition coefficient (Wildman–Crippen LogP) is -6.32. The van der Waals surface area contributed by atoms with Gasteiger partial charge in [0.25, 0.3) is 40.1 Å². The van der Waals surface area contributed by atoms with Crippen molar-refractivity contribution in [2.24, 2.45) is 0 Å². The molecule has 80 heavy (non-hydrogen) atoms. The van der Waals surface area contributed by atoms with Crippen LogP contribution in [0.4, 0.5) is 29.4 Å². The number of nitrogens with two attached hydrogens (primary N) is 3. The number of aliphatic hydroxyl groups is 3. The highest BCUT2D eigenvalue weighted by atomic mass is 31.3. The summed E-state index contributed by atoms with van der Waals surface area (Å²) in [5.41, 5.74) is 14.1. The molecule has 16 atom stereocenters. The monoisotopic (exact) mass is 1220 g/mol. The number of anilines is 5. The van der Waals surface area contributed by atoms with Crippen LogP contribution in [0, 0.1) is 0 Å². The SMILES string of the molecule is CO[C@H]1C(OP(=O)([O-])OC[C@H]2O[C@@H](n3cnc4c(=O)[nH]c(N)nc43)[C@@H](O)C2OC(C)C)[C@@H](COOP(=O)([O-])OP(=O)([O-])OP(=O)([O-])OC[C@H]2O[C@@H](N3CN(C)c4c3nc(N)[nH]c4=O)C(O)[C@H]2O)O[C@H]1n1cnc2c(=O)[nH]c(N)nc21. The fourth-order valence-electron chi connectivity index (χ4n) is 8.94.